The number of hydrogen-bond donors (Lipinski definition) is 0. The van der Waals surface area contributed by atoms with Gasteiger partial charge in [0.15, 0.2) is 0 Å². The van der Waals surface area contributed by atoms with E-state index in [1.54, 1.807) is 14.0 Å². The van der Waals surface area contributed by atoms with Gasteiger partial charge in [-0.3, -0.25) is 0 Å². The third kappa shape index (κ3) is 2.73. The van der Waals surface area contributed by atoms with Crippen LogP contribution < -0.4 is 0 Å². The highest BCUT2D eigenvalue weighted by molar-refractivity contribution is 7.89. The van der Waals surface area contributed by atoms with Crippen LogP contribution in [0, 0.1) is 6.92 Å². The standard InChI is InChI=1S/C12H20ClNO3S/c1-6-12(3,4)14(5)18(15,16)11-7-10(8-13)17-9(11)2/h7H,6,8H2,1-5H3. The van der Waals surface area contributed by atoms with Crippen molar-refractivity contribution in [3.05, 3.63) is 17.6 Å². The van der Waals surface area contributed by atoms with E-state index >= 15 is 0 Å². The molecule has 0 bridgehead atoms. The summed E-state index contributed by atoms with van der Waals surface area (Å²) in [5.41, 5.74) is -0.441. The summed E-state index contributed by atoms with van der Waals surface area (Å²) >= 11 is 5.66. The highest BCUT2D eigenvalue weighted by atomic mass is 35.5. The first-order valence-electron chi connectivity index (χ1n) is 5.81. The first-order valence-corrected chi connectivity index (χ1v) is 7.78. The molecule has 0 unspecified atom stereocenters. The fourth-order valence-electron chi connectivity index (χ4n) is 1.54. The number of halogens is 1. The van der Waals surface area contributed by atoms with Crippen LogP contribution in [0.15, 0.2) is 15.4 Å². The minimum absolute atomic E-state index is 0.164. The molecule has 0 spiro atoms. The summed E-state index contributed by atoms with van der Waals surface area (Å²) in [5, 5.41) is 0. The number of aryl methyl sites for hydroxylation is 1. The predicted octanol–water partition coefficient (Wildman–Crippen LogP) is 3.14. The van der Waals surface area contributed by atoms with E-state index in [4.69, 9.17) is 16.0 Å². The third-order valence-electron chi connectivity index (χ3n) is 3.41. The van der Waals surface area contributed by atoms with Crippen LogP contribution in [0.2, 0.25) is 0 Å². The first-order chi connectivity index (χ1) is 8.16. The van der Waals surface area contributed by atoms with Crippen molar-refractivity contribution in [2.75, 3.05) is 7.05 Å². The van der Waals surface area contributed by atoms with Gasteiger partial charge in [-0.15, -0.1) is 11.6 Å². The Morgan fingerprint density at radius 3 is 2.39 bits per heavy atom. The Hall–Kier alpha value is -0.520. The normalized spacial score (nSPS) is 13.3. The molecule has 4 nitrogen and oxygen atoms in total. The minimum Gasteiger partial charge on any atom is -0.464 e. The molecule has 0 saturated heterocycles. The maximum atomic E-state index is 12.5. The van der Waals surface area contributed by atoms with E-state index in [-0.39, 0.29) is 10.8 Å². The maximum absolute atomic E-state index is 12.5. The van der Waals surface area contributed by atoms with Gasteiger partial charge in [-0.05, 0) is 27.2 Å². The number of rotatable bonds is 5. The van der Waals surface area contributed by atoms with Crippen molar-refractivity contribution in [3.63, 3.8) is 0 Å². The highest BCUT2D eigenvalue weighted by Gasteiger charge is 2.34. The predicted molar refractivity (Wildman–Crippen MR) is 72.3 cm³/mol. The zero-order valence-electron chi connectivity index (χ0n) is 11.4. The van der Waals surface area contributed by atoms with Crippen molar-refractivity contribution in [3.8, 4) is 0 Å². The molecule has 0 aliphatic heterocycles. The SMILES string of the molecule is CCC(C)(C)N(C)S(=O)(=O)c1cc(CCl)oc1C. The van der Waals surface area contributed by atoms with Crippen molar-refractivity contribution in [1.82, 2.24) is 4.31 Å². The van der Waals surface area contributed by atoms with E-state index in [9.17, 15) is 8.42 Å². The largest absolute Gasteiger partial charge is 0.464 e. The lowest BCUT2D eigenvalue weighted by Gasteiger charge is -2.33. The van der Waals surface area contributed by atoms with E-state index in [1.165, 1.54) is 10.4 Å². The van der Waals surface area contributed by atoms with Crippen molar-refractivity contribution in [2.45, 2.75) is 50.4 Å². The lowest BCUT2D eigenvalue weighted by molar-refractivity contribution is 0.257. The molecule has 0 N–H and O–H groups in total. The van der Waals surface area contributed by atoms with Gasteiger partial charge in [0.05, 0.1) is 5.88 Å². The Balaban J connectivity index is 3.25. The Kier molecular flexibility index (Phi) is 4.51. The summed E-state index contributed by atoms with van der Waals surface area (Å²) in [5.74, 6) is 1.01. The number of nitrogens with zero attached hydrogens (tertiary/aromatic N) is 1. The fourth-order valence-corrected chi connectivity index (χ4v) is 3.43. The summed E-state index contributed by atoms with van der Waals surface area (Å²) in [4.78, 5) is 0.196. The summed E-state index contributed by atoms with van der Waals surface area (Å²) in [7, 11) is -1.96. The Bertz CT molecular complexity index is 519. The third-order valence-corrected chi connectivity index (χ3v) is 5.85. The molecule has 1 aromatic rings. The first kappa shape index (κ1) is 15.5. The summed E-state index contributed by atoms with van der Waals surface area (Å²) in [6.07, 6.45) is 0.724. The smallest absolute Gasteiger partial charge is 0.246 e. The Morgan fingerprint density at radius 2 is 2.00 bits per heavy atom. The van der Waals surface area contributed by atoms with Crippen molar-refractivity contribution < 1.29 is 12.8 Å². The summed E-state index contributed by atoms with van der Waals surface area (Å²) in [6.45, 7) is 7.37. The lowest BCUT2D eigenvalue weighted by atomic mass is 10.0. The second-order valence-electron chi connectivity index (χ2n) is 4.91. The van der Waals surface area contributed by atoms with Gasteiger partial charge in [-0.1, -0.05) is 6.92 Å². The molecule has 0 amide bonds. The molecule has 1 heterocycles. The molecule has 0 fully saturated rings. The van der Waals surface area contributed by atoms with Crippen molar-refractivity contribution in [2.24, 2.45) is 0 Å². The molecule has 0 saturated carbocycles. The van der Waals surface area contributed by atoms with Crippen LogP contribution in [0.4, 0.5) is 0 Å². The molecule has 0 aromatic carbocycles. The van der Waals surface area contributed by atoms with Gasteiger partial charge < -0.3 is 4.42 Å². The molecule has 0 atom stereocenters. The van der Waals surface area contributed by atoms with Crippen LogP contribution in [0.25, 0.3) is 0 Å². The van der Waals surface area contributed by atoms with Crippen molar-refractivity contribution >= 4 is 21.6 Å². The monoisotopic (exact) mass is 293 g/mol. The molecular formula is C12H20ClNO3S. The van der Waals surface area contributed by atoms with Crippen LogP contribution >= 0.6 is 11.6 Å². The summed E-state index contributed by atoms with van der Waals surface area (Å²) < 4.78 is 31.7. The van der Waals surface area contributed by atoms with Gasteiger partial charge in [0.1, 0.15) is 16.4 Å². The average Bonchev–Trinajstić information content (AvgIpc) is 2.70. The zero-order chi connectivity index (χ0) is 14.1. The van der Waals surface area contributed by atoms with Crippen LogP contribution in [0.3, 0.4) is 0 Å². The molecule has 18 heavy (non-hydrogen) atoms. The van der Waals surface area contributed by atoms with E-state index < -0.39 is 15.6 Å². The average molecular weight is 294 g/mol. The maximum Gasteiger partial charge on any atom is 0.246 e. The van der Waals surface area contributed by atoms with Gasteiger partial charge in [0, 0.05) is 18.7 Å². The van der Waals surface area contributed by atoms with Crippen LogP contribution in [0.5, 0.6) is 0 Å². The van der Waals surface area contributed by atoms with Crippen LogP contribution in [0.1, 0.15) is 38.7 Å². The van der Waals surface area contributed by atoms with Gasteiger partial charge >= 0.3 is 0 Å². The van der Waals surface area contributed by atoms with E-state index in [0.717, 1.165) is 6.42 Å². The number of furan rings is 1. The van der Waals surface area contributed by atoms with Gasteiger partial charge in [-0.2, -0.15) is 4.31 Å². The fraction of sp³-hybridized carbons (Fsp3) is 0.667. The molecule has 1 aromatic heterocycles. The van der Waals surface area contributed by atoms with E-state index in [1.807, 2.05) is 20.8 Å². The van der Waals surface area contributed by atoms with E-state index in [0.29, 0.717) is 11.5 Å². The Labute approximate surface area is 114 Å². The van der Waals surface area contributed by atoms with Gasteiger partial charge in [0.25, 0.3) is 0 Å². The number of hydrogen-bond acceptors (Lipinski definition) is 3. The molecule has 1 rings (SSSR count). The second-order valence-corrected chi connectivity index (χ2v) is 7.11. The molecular weight excluding hydrogens is 274 g/mol. The Morgan fingerprint density at radius 1 is 1.44 bits per heavy atom. The minimum atomic E-state index is -3.55. The second kappa shape index (κ2) is 5.23. The van der Waals surface area contributed by atoms with Crippen LogP contribution in [-0.4, -0.2) is 25.3 Å². The molecule has 6 heteroatoms. The van der Waals surface area contributed by atoms with Crippen molar-refractivity contribution in [1.29, 1.82) is 0 Å². The quantitative estimate of drug-likeness (QED) is 0.784. The topological polar surface area (TPSA) is 50.5 Å². The van der Waals surface area contributed by atoms with Crippen LogP contribution in [-0.2, 0) is 15.9 Å². The van der Waals surface area contributed by atoms with Gasteiger partial charge in [0.2, 0.25) is 10.0 Å². The molecule has 0 aliphatic rings. The number of sulfonamides is 1. The highest BCUT2D eigenvalue weighted by Crippen LogP contribution is 2.29. The van der Waals surface area contributed by atoms with E-state index in [2.05, 4.69) is 0 Å². The summed E-state index contributed by atoms with van der Waals surface area (Å²) in [6, 6.07) is 1.50. The van der Waals surface area contributed by atoms with Gasteiger partial charge in [-0.25, -0.2) is 8.42 Å². The zero-order valence-corrected chi connectivity index (χ0v) is 13.0. The molecule has 0 aliphatic carbocycles. The molecule has 0 radical (unpaired) electrons. The number of alkyl halides is 1. The molecule has 104 valence electrons. The lowest BCUT2D eigenvalue weighted by Crippen LogP contribution is -2.44.